The zero-order valence-electron chi connectivity index (χ0n) is 22.4. The first-order chi connectivity index (χ1) is 17.1. The highest BCUT2D eigenvalue weighted by molar-refractivity contribution is 7.99. The maximum atomic E-state index is 13.6. The molecule has 2 atom stereocenters. The first kappa shape index (κ1) is 29.9. The highest BCUT2D eigenvalue weighted by Crippen LogP contribution is 2.36. The van der Waals surface area contributed by atoms with Gasteiger partial charge in [-0.2, -0.15) is 11.8 Å². The molecule has 2 rings (SSSR count). The number of carbonyl (C=O) groups excluding carboxylic acids is 2. The molecule has 0 radical (unpaired) electrons. The Morgan fingerprint density at radius 1 is 1.00 bits per heavy atom. The Morgan fingerprint density at radius 3 is 2.36 bits per heavy atom. The average molecular weight is 515 g/mol. The second kappa shape index (κ2) is 14.4. The van der Waals surface area contributed by atoms with Crippen LogP contribution in [0.3, 0.4) is 0 Å². The third-order valence-corrected chi connectivity index (χ3v) is 8.09. The van der Waals surface area contributed by atoms with Gasteiger partial charge in [-0.15, -0.1) is 0 Å². The number of carbonyl (C=O) groups is 2. The molecule has 0 aliphatic rings. The van der Waals surface area contributed by atoms with E-state index in [1.54, 1.807) is 11.8 Å². The third-order valence-electron chi connectivity index (χ3n) is 6.63. The van der Waals surface area contributed by atoms with Crippen LogP contribution in [0.25, 0.3) is 0 Å². The molecule has 0 fully saturated rings. The molecule has 36 heavy (non-hydrogen) atoms. The highest BCUT2D eigenvalue weighted by Gasteiger charge is 2.37. The van der Waals surface area contributed by atoms with Crippen molar-refractivity contribution in [1.82, 2.24) is 0 Å². The molecule has 6 heteroatoms. The van der Waals surface area contributed by atoms with Crippen molar-refractivity contribution in [3.05, 3.63) is 71.3 Å². The molecular formula is C30H42O5S. The quantitative estimate of drug-likeness (QED) is 0.233. The van der Waals surface area contributed by atoms with Gasteiger partial charge in [-0.05, 0) is 54.0 Å². The van der Waals surface area contributed by atoms with Crippen molar-refractivity contribution in [1.29, 1.82) is 0 Å². The molecule has 0 spiro atoms. The highest BCUT2D eigenvalue weighted by atomic mass is 32.2. The maximum Gasteiger partial charge on any atom is 0.316 e. The summed E-state index contributed by atoms with van der Waals surface area (Å²) < 4.78 is 10.7. The van der Waals surface area contributed by atoms with Crippen molar-refractivity contribution in [3.63, 3.8) is 0 Å². The molecule has 0 aromatic heterocycles. The number of rotatable bonds is 15. The standard InChI is InChI=1S/C30H42O5S/c1-23(27(32)34-5)19-25-13-9-14-26(20-25)30(4,16-10-15-29(2,3)22-36-18-17-31)28(33)35-21-24-11-7-6-8-12-24/h6-9,11-14,20,23,31H,10,15-19,21-22H2,1-5H3. The fourth-order valence-corrected chi connectivity index (χ4v) is 5.30. The summed E-state index contributed by atoms with van der Waals surface area (Å²) in [7, 11) is 1.40. The van der Waals surface area contributed by atoms with Gasteiger partial charge < -0.3 is 14.6 Å². The molecule has 0 amide bonds. The number of thioether (sulfide) groups is 1. The van der Waals surface area contributed by atoms with Crippen molar-refractivity contribution < 1.29 is 24.2 Å². The number of methoxy groups -OCH3 is 1. The summed E-state index contributed by atoms with van der Waals surface area (Å²) in [5, 5.41) is 9.09. The Labute approximate surface area is 221 Å². The molecule has 0 aliphatic carbocycles. The summed E-state index contributed by atoms with van der Waals surface area (Å²) in [5.74, 6) is 0.954. The molecule has 0 bridgehead atoms. The number of aliphatic hydroxyl groups excluding tert-OH is 1. The molecule has 0 aliphatic heterocycles. The van der Waals surface area contributed by atoms with Crippen LogP contribution in [0.1, 0.15) is 63.6 Å². The molecule has 198 valence electrons. The number of aliphatic hydroxyl groups is 1. The van der Waals surface area contributed by atoms with E-state index in [0.29, 0.717) is 12.8 Å². The lowest BCUT2D eigenvalue weighted by Gasteiger charge is -2.31. The van der Waals surface area contributed by atoms with E-state index in [2.05, 4.69) is 13.8 Å². The van der Waals surface area contributed by atoms with Gasteiger partial charge in [0.25, 0.3) is 0 Å². The first-order valence-corrected chi connectivity index (χ1v) is 13.8. The monoisotopic (exact) mass is 514 g/mol. The van der Waals surface area contributed by atoms with Gasteiger partial charge >= 0.3 is 11.9 Å². The zero-order valence-corrected chi connectivity index (χ0v) is 23.2. The lowest BCUT2D eigenvalue weighted by Crippen LogP contribution is -2.35. The molecule has 1 N–H and O–H groups in total. The van der Waals surface area contributed by atoms with Crippen LogP contribution in [0.4, 0.5) is 0 Å². The van der Waals surface area contributed by atoms with Crippen LogP contribution < -0.4 is 0 Å². The molecule has 2 aromatic rings. The van der Waals surface area contributed by atoms with Crippen molar-refractivity contribution in [2.24, 2.45) is 11.3 Å². The minimum atomic E-state index is -0.812. The topological polar surface area (TPSA) is 72.8 Å². The number of ether oxygens (including phenoxy) is 2. The average Bonchev–Trinajstić information content (AvgIpc) is 2.87. The SMILES string of the molecule is COC(=O)C(C)Cc1cccc(C(C)(CCCC(C)(C)CSCCO)C(=O)OCc2ccccc2)c1. The lowest BCUT2D eigenvalue weighted by atomic mass is 9.75. The lowest BCUT2D eigenvalue weighted by molar-refractivity contribution is -0.152. The number of hydrogen-bond acceptors (Lipinski definition) is 6. The van der Waals surface area contributed by atoms with E-state index in [9.17, 15) is 9.59 Å². The van der Waals surface area contributed by atoms with E-state index in [0.717, 1.165) is 41.0 Å². The van der Waals surface area contributed by atoms with Gasteiger partial charge in [0.2, 0.25) is 0 Å². The summed E-state index contributed by atoms with van der Waals surface area (Å²) in [6.07, 6.45) is 3.04. The van der Waals surface area contributed by atoms with Gasteiger partial charge in [0.1, 0.15) is 6.61 Å². The van der Waals surface area contributed by atoms with E-state index >= 15 is 0 Å². The van der Waals surface area contributed by atoms with Gasteiger partial charge in [-0.3, -0.25) is 9.59 Å². The molecular weight excluding hydrogens is 472 g/mol. The second-order valence-electron chi connectivity index (χ2n) is 10.5. The van der Waals surface area contributed by atoms with Crippen molar-refractivity contribution >= 4 is 23.7 Å². The van der Waals surface area contributed by atoms with Crippen molar-refractivity contribution in [2.45, 2.75) is 65.4 Å². The number of hydrogen-bond donors (Lipinski definition) is 1. The summed E-state index contributed by atoms with van der Waals surface area (Å²) >= 11 is 1.76. The predicted molar refractivity (Wildman–Crippen MR) is 147 cm³/mol. The van der Waals surface area contributed by atoms with Crippen molar-refractivity contribution in [2.75, 3.05) is 25.2 Å². The van der Waals surface area contributed by atoms with Gasteiger partial charge in [-0.1, -0.05) is 81.8 Å². The van der Waals surface area contributed by atoms with Crippen LogP contribution in [0, 0.1) is 11.3 Å². The smallest absolute Gasteiger partial charge is 0.316 e. The van der Waals surface area contributed by atoms with E-state index in [-0.39, 0.29) is 36.5 Å². The number of esters is 2. The Hall–Kier alpha value is -2.31. The third kappa shape index (κ3) is 9.29. The normalized spacial score (nSPS) is 14.1. The first-order valence-electron chi connectivity index (χ1n) is 12.7. The van der Waals surface area contributed by atoms with Gasteiger partial charge in [-0.25, -0.2) is 0 Å². The molecule has 0 heterocycles. The van der Waals surface area contributed by atoms with E-state index in [1.165, 1.54) is 7.11 Å². The van der Waals surface area contributed by atoms with Crippen LogP contribution in [0.2, 0.25) is 0 Å². The summed E-state index contributed by atoms with van der Waals surface area (Å²) in [6.45, 7) is 8.71. The van der Waals surface area contributed by atoms with Crippen LogP contribution >= 0.6 is 11.8 Å². The molecule has 0 saturated heterocycles. The van der Waals surface area contributed by atoms with Gasteiger partial charge in [0.05, 0.1) is 25.0 Å². The fourth-order valence-electron chi connectivity index (χ4n) is 4.33. The number of benzene rings is 2. The van der Waals surface area contributed by atoms with E-state index < -0.39 is 5.41 Å². The fraction of sp³-hybridized carbons (Fsp3) is 0.533. The second-order valence-corrected chi connectivity index (χ2v) is 11.6. The predicted octanol–water partition coefficient (Wildman–Crippen LogP) is 5.96. The maximum absolute atomic E-state index is 13.6. The largest absolute Gasteiger partial charge is 0.469 e. The Bertz CT molecular complexity index is 959. The molecule has 0 saturated carbocycles. The minimum absolute atomic E-state index is 0.104. The minimum Gasteiger partial charge on any atom is -0.469 e. The van der Waals surface area contributed by atoms with Crippen LogP contribution in [-0.4, -0.2) is 42.3 Å². The Kier molecular flexibility index (Phi) is 12.0. The van der Waals surface area contributed by atoms with Crippen LogP contribution in [-0.2, 0) is 37.5 Å². The van der Waals surface area contributed by atoms with Gasteiger partial charge in [0, 0.05) is 5.75 Å². The van der Waals surface area contributed by atoms with Gasteiger partial charge in [0.15, 0.2) is 0 Å². The summed E-state index contributed by atoms with van der Waals surface area (Å²) in [4.78, 5) is 25.5. The molecule has 2 unspecified atom stereocenters. The Morgan fingerprint density at radius 2 is 1.69 bits per heavy atom. The molecule has 2 aromatic carbocycles. The summed E-state index contributed by atoms with van der Waals surface area (Å²) in [6, 6.07) is 17.7. The summed E-state index contributed by atoms with van der Waals surface area (Å²) in [5.41, 5.74) is 2.15. The molecule has 5 nitrogen and oxygen atoms in total. The van der Waals surface area contributed by atoms with E-state index in [4.69, 9.17) is 14.6 Å². The van der Waals surface area contributed by atoms with Crippen LogP contribution in [0.5, 0.6) is 0 Å². The van der Waals surface area contributed by atoms with Crippen molar-refractivity contribution in [3.8, 4) is 0 Å². The van der Waals surface area contributed by atoms with E-state index in [1.807, 2.05) is 68.4 Å². The zero-order chi connectivity index (χ0) is 26.6. The Balaban J connectivity index is 2.21. The van der Waals surface area contributed by atoms with Crippen LogP contribution in [0.15, 0.2) is 54.6 Å².